The zero-order valence-electron chi connectivity index (χ0n) is 11.3. The van der Waals surface area contributed by atoms with Crippen LogP contribution >= 0.6 is 0 Å². The third-order valence-electron chi connectivity index (χ3n) is 2.70. The summed E-state index contributed by atoms with van der Waals surface area (Å²) in [5.41, 5.74) is 8.69. The van der Waals surface area contributed by atoms with Gasteiger partial charge in [-0.3, -0.25) is 0 Å². The lowest BCUT2D eigenvalue weighted by molar-refractivity contribution is 0.104. The fraction of sp³-hybridized carbons (Fsp3) is 0.600. The van der Waals surface area contributed by atoms with Crippen molar-refractivity contribution in [2.75, 3.05) is 13.2 Å². The van der Waals surface area contributed by atoms with Gasteiger partial charge in [-0.25, -0.2) is 0 Å². The van der Waals surface area contributed by atoms with Crippen molar-refractivity contribution < 1.29 is 4.74 Å². The highest BCUT2D eigenvalue weighted by molar-refractivity contribution is 5.21. The van der Waals surface area contributed by atoms with E-state index in [-0.39, 0.29) is 6.04 Å². The van der Waals surface area contributed by atoms with Crippen molar-refractivity contribution in [3.63, 3.8) is 0 Å². The van der Waals surface area contributed by atoms with Crippen LogP contribution in [-0.2, 0) is 11.2 Å². The molecule has 0 heterocycles. The molecule has 0 bridgehead atoms. The summed E-state index contributed by atoms with van der Waals surface area (Å²) in [6.45, 7) is 8.02. The summed E-state index contributed by atoms with van der Waals surface area (Å²) in [5, 5.41) is 0. The molecule has 2 N–H and O–H groups in total. The van der Waals surface area contributed by atoms with Gasteiger partial charge in [-0.2, -0.15) is 0 Å². The average Bonchev–Trinajstić information content (AvgIpc) is 2.27. The second-order valence-corrected chi connectivity index (χ2v) is 5.21. The summed E-state index contributed by atoms with van der Waals surface area (Å²) in [6.07, 6.45) is 1.87. The van der Waals surface area contributed by atoms with Gasteiger partial charge >= 0.3 is 0 Å². The molecule has 0 saturated carbocycles. The van der Waals surface area contributed by atoms with E-state index in [9.17, 15) is 0 Å². The van der Waals surface area contributed by atoms with Gasteiger partial charge in [-0.1, -0.05) is 43.7 Å². The minimum Gasteiger partial charge on any atom is -0.381 e. The predicted octanol–water partition coefficient (Wildman–Crippen LogP) is 2.93. The van der Waals surface area contributed by atoms with Crippen LogP contribution in [0.5, 0.6) is 0 Å². The van der Waals surface area contributed by atoms with Crippen LogP contribution in [0, 0.1) is 12.8 Å². The highest BCUT2D eigenvalue weighted by atomic mass is 16.5. The van der Waals surface area contributed by atoms with E-state index in [1.165, 1.54) is 11.1 Å². The van der Waals surface area contributed by atoms with E-state index in [2.05, 4.69) is 45.0 Å². The Labute approximate surface area is 105 Å². The number of aryl methyl sites for hydroxylation is 1. The number of rotatable bonds is 7. The molecule has 0 amide bonds. The Morgan fingerprint density at radius 3 is 2.41 bits per heavy atom. The standard InChI is InChI=1S/C15H25NO/c1-12(2)11-17-9-8-15(16)10-14-6-4-13(3)5-7-14/h4-7,12,15H,8-11,16H2,1-3H3. The first-order valence-corrected chi connectivity index (χ1v) is 6.47. The van der Waals surface area contributed by atoms with E-state index < -0.39 is 0 Å². The molecule has 0 spiro atoms. The van der Waals surface area contributed by atoms with Gasteiger partial charge in [-0.05, 0) is 31.2 Å². The Kier molecular flexibility index (Phi) is 6.23. The Bertz CT molecular complexity index is 305. The van der Waals surface area contributed by atoms with Crippen LogP contribution in [0.2, 0.25) is 0 Å². The average molecular weight is 235 g/mol. The number of hydrogen-bond donors (Lipinski definition) is 1. The van der Waals surface area contributed by atoms with E-state index in [1.807, 2.05) is 0 Å². The smallest absolute Gasteiger partial charge is 0.0489 e. The highest BCUT2D eigenvalue weighted by Gasteiger charge is 2.04. The van der Waals surface area contributed by atoms with E-state index in [4.69, 9.17) is 10.5 Å². The third kappa shape index (κ3) is 6.44. The quantitative estimate of drug-likeness (QED) is 0.737. The lowest BCUT2D eigenvalue weighted by Crippen LogP contribution is -2.25. The van der Waals surface area contributed by atoms with Crippen LogP contribution in [0.1, 0.15) is 31.4 Å². The molecule has 0 radical (unpaired) electrons. The molecule has 0 saturated heterocycles. The molecular weight excluding hydrogens is 210 g/mol. The first kappa shape index (κ1) is 14.2. The van der Waals surface area contributed by atoms with Gasteiger partial charge in [0.25, 0.3) is 0 Å². The van der Waals surface area contributed by atoms with Gasteiger partial charge in [0.05, 0.1) is 0 Å². The first-order chi connectivity index (χ1) is 8.08. The normalized spacial score (nSPS) is 13.0. The molecule has 0 aromatic heterocycles. The molecule has 96 valence electrons. The Morgan fingerprint density at radius 2 is 1.82 bits per heavy atom. The summed E-state index contributed by atoms with van der Waals surface area (Å²) < 4.78 is 5.54. The number of nitrogens with two attached hydrogens (primary N) is 1. The molecule has 1 atom stereocenters. The van der Waals surface area contributed by atoms with Crippen molar-refractivity contribution >= 4 is 0 Å². The molecule has 1 unspecified atom stereocenters. The molecule has 0 fully saturated rings. The van der Waals surface area contributed by atoms with Crippen LogP contribution in [0.3, 0.4) is 0 Å². The molecular formula is C15H25NO. The molecule has 2 nitrogen and oxygen atoms in total. The minimum atomic E-state index is 0.199. The first-order valence-electron chi connectivity index (χ1n) is 6.47. The lowest BCUT2D eigenvalue weighted by Gasteiger charge is -2.13. The molecule has 17 heavy (non-hydrogen) atoms. The Hall–Kier alpha value is -0.860. The Morgan fingerprint density at radius 1 is 1.18 bits per heavy atom. The van der Waals surface area contributed by atoms with Crippen molar-refractivity contribution in [1.82, 2.24) is 0 Å². The van der Waals surface area contributed by atoms with Gasteiger partial charge < -0.3 is 10.5 Å². The van der Waals surface area contributed by atoms with Crippen LogP contribution < -0.4 is 5.73 Å². The molecule has 1 aromatic carbocycles. The largest absolute Gasteiger partial charge is 0.381 e. The number of hydrogen-bond acceptors (Lipinski definition) is 2. The van der Waals surface area contributed by atoms with Gasteiger partial charge in [0, 0.05) is 19.3 Å². The van der Waals surface area contributed by atoms with Crippen LogP contribution in [0.15, 0.2) is 24.3 Å². The predicted molar refractivity (Wildman–Crippen MR) is 73.1 cm³/mol. The van der Waals surface area contributed by atoms with E-state index >= 15 is 0 Å². The van der Waals surface area contributed by atoms with Crippen molar-refractivity contribution in [1.29, 1.82) is 0 Å². The summed E-state index contributed by atoms with van der Waals surface area (Å²) in [7, 11) is 0. The molecule has 2 heteroatoms. The molecule has 0 aliphatic carbocycles. The highest BCUT2D eigenvalue weighted by Crippen LogP contribution is 2.07. The third-order valence-corrected chi connectivity index (χ3v) is 2.70. The molecule has 1 rings (SSSR count). The monoisotopic (exact) mass is 235 g/mol. The second-order valence-electron chi connectivity index (χ2n) is 5.21. The maximum Gasteiger partial charge on any atom is 0.0489 e. The van der Waals surface area contributed by atoms with Crippen LogP contribution in [0.4, 0.5) is 0 Å². The fourth-order valence-electron chi connectivity index (χ4n) is 1.68. The number of benzene rings is 1. The van der Waals surface area contributed by atoms with Gasteiger partial charge in [0.15, 0.2) is 0 Å². The second kappa shape index (κ2) is 7.46. The van der Waals surface area contributed by atoms with Gasteiger partial charge in [0.1, 0.15) is 0 Å². The minimum absolute atomic E-state index is 0.199. The van der Waals surface area contributed by atoms with Gasteiger partial charge in [-0.15, -0.1) is 0 Å². The summed E-state index contributed by atoms with van der Waals surface area (Å²) in [5.74, 6) is 0.600. The topological polar surface area (TPSA) is 35.2 Å². The van der Waals surface area contributed by atoms with E-state index in [0.29, 0.717) is 5.92 Å². The van der Waals surface area contributed by atoms with Crippen molar-refractivity contribution in [3.8, 4) is 0 Å². The van der Waals surface area contributed by atoms with Gasteiger partial charge in [0.2, 0.25) is 0 Å². The number of ether oxygens (including phenoxy) is 1. The fourth-order valence-corrected chi connectivity index (χ4v) is 1.68. The lowest BCUT2D eigenvalue weighted by atomic mass is 10.0. The summed E-state index contributed by atoms with van der Waals surface area (Å²) in [4.78, 5) is 0. The zero-order chi connectivity index (χ0) is 12.7. The maximum atomic E-state index is 6.08. The molecule has 0 aliphatic heterocycles. The van der Waals surface area contributed by atoms with E-state index in [0.717, 1.165) is 26.1 Å². The van der Waals surface area contributed by atoms with Crippen LogP contribution in [0.25, 0.3) is 0 Å². The zero-order valence-corrected chi connectivity index (χ0v) is 11.3. The molecule has 0 aliphatic rings. The SMILES string of the molecule is Cc1ccc(CC(N)CCOCC(C)C)cc1. The Balaban J connectivity index is 2.20. The molecule has 1 aromatic rings. The maximum absolute atomic E-state index is 6.08. The van der Waals surface area contributed by atoms with Crippen molar-refractivity contribution in [2.45, 2.75) is 39.7 Å². The summed E-state index contributed by atoms with van der Waals surface area (Å²) in [6, 6.07) is 8.79. The van der Waals surface area contributed by atoms with E-state index in [1.54, 1.807) is 0 Å². The van der Waals surface area contributed by atoms with Crippen molar-refractivity contribution in [2.24, 2.45) is 11.7 Å². The van der Waals surface area contributed by atoms with Crippen molar-refractivity contribution in [3.05, 3.63) is 35.4 Å². The van der Waals surface area contributed by atoms with Crippen LogP contribution in [-0.4, -0.2) is 19.3 Å². The summed E-state index contributed by atoms with van der Waals surface area (Å²) >= 11 is 0.